The molecule has 4 nitrogen and oxygen atoms in total. The van der Waals surface area contributed by atoms with Crippen LogP contribution in [0.2, 0.25) is 0 Å². The normalized spacial score (nSPS) is 28.2. The number of carboxylic acid groups (broad SMARTS) is 1. The molecular formula is C4H7NO3. The van der Waals surface area contributed by atoms with Crippen molar-refractivity contribution in [3.05, 3.63) is 0 Å². The summed E-state index contributed by atoms with van der Waals surface area (Å²) < 4.78 is 4.70. The molecule has 8 heavy (non-hydrogen) atoms. The lowest BCUT2D eigenvalue weighted by Gasteiger charge is -1.97. The fourth-order valence-electron chi connectivity index (χ4n) is 0.567. The molecule has 0 aromatic carbocycles. The summed E-state index contributed by atoms with van der Waals surface area (Å²) in [6, 6.07) is 0. The van der Waals surface area contributed by atoms with Gasteiger partial charge in [-0.2, -0.15) is 0 Å². The Morgan fingerprint density at radius 1 is 1.88 bits per heavy atom. The highest BCUT2D eigenvalue weighted by molar-refractivity contribution is 5.72. The van der Waals surface area contributed by atoms with Crippen molar-refractivity contribution in [2.24, 2.45) is 0 Å². The van der Waals surface area contributed by atoms with E-state index in [1.165, 1.54) is 0 Å². The second-order valence-electron chi connectivity index (χ2n) is 1.59. The number of carbonyl (C=O) groups is 1. The van der Waals surface area contributed by atoms with Crippen molar-refractivity contribution in [2.45, 2.75) is 6.10 Å². The highest BCUT2D eigenvalue weighted by Gasteiger charge is 2.21. The van der Waals surface area contributed by atoms with Gasteiger partial charge in [0.15, 0.2) is 6.10 Å². The average molecular weight is 117 g/mol. The number of aliphatic carboxylic acids is 1. The Morgan fingerprint density at radius 3 is 2.88 bits per heavy atom. The second-order valence-corrected chi connectivity index (χ2v) is 1.59. The van der Waals surface area contributed by atoms with Crippen molar-refractivity contribution in [3.8, 4) is 0 Å². The largest absolute Gasteiger partial charge is 0.479 e. The molecule has 2 N–H and O–H groups in total. The molecule has 0 bridgehead atoms. The smallest absolute Gasteiger partial charge is 0.334 e. The van der Waals surface area contributed by atoms with E-state index in [4.69, 9.17) is 9.84 Å². The fourth-order valence-corrected chi connectivity index (χ4v) is 0.567. The molecular weight excluding hydrogens is 110 g/mol. The van der Waals surface area contributed by atoms with E-state index in [2.05, 4.69) is 5.32 Å². The van der Waals surface area contributed by atoms with Gasteiger partial charge >= 0.3 is 5.97 Å². The van der Waals surface area contributed by atoms with E-state index in [0.29, 0.717) is 13.3 Å². The molecule has 0 aromatic heterocycles. The first kappa shape index (κ1) is 5.53. The Bertz CT molecular complexity index is 97.5. The zero-order chi connectivity index (χ0) is 5.98. The van der Waals surface area contributed by atoms with Gasteiger partial charge in [-0.15, -0.1) is 0 Å². The van der Waals surface area contributed by atoms with Crippen LogP contribution in [0.25, 0.3) is 0 Å². The fraction of sp³-hybridized carbons (Fsp3) is 0.750. The molecule has 46 valence electrons. The highest BCUT2D eigenvalue weighted by Crippen LogP contribution is 1.94. The molecule has 0 saturated carbocycles. The SMILES string of the molecule is O=C(O)[C@H]1CNCO1. The van der Waals surface area contributed by atoms with Crippen LogP contribution in [0.15, 0.2) is 0 Å². The Kier molecular flexibility index (Phi) is 1.45. The summed E-state index contributed by atoms with van der Waals surface area (Å²) in [7, 11) is 0. The van der Waals surface area contributed by atoms with E-state index in [0.717, 1.165) is 0 Å². The summed E-state index contributed by atoms with van der Waals surface area (Å²) in [6.07, 6.45) is -0.630. The molecule has 1 saturated heterocycles. The van der Waals surface area contributed by atoms with Crippen LogP contribution in [0.4, 0.5) is 0 Å². The van der Waals surface area contributed by atoms with Crippen molar-refractivity contribution >= 4 is 5.97 Å². The minimum absolute atomic E-state index is 0.358. The topological polar surface area (TPSA) is 58.6 Å². The maximum atomic E-state index is 10.0. The third kappa shape index (κ3) is 0.962. The molecule has 1 heterocycles. The molecule has 4 heteroatoms. The van der Waals surface area contributed by atoms with Crippen LogP contribution in [-0.4, -0.2) is 30.5 Å². The van der Waals surface area contributed by atoms with E-state index in [-0.39, 0.29) is 0 Å². The molecule has 1 aliphatic heterocycles. The minimum Gasteiger partial charge on any atom is -0.479 e. The third-order valence-corrected chi connectivity index (χ3v) is 0.992. The molecule has 1 atom stereocenters. The Labute approximate surface area is 46.4 Å². The van der Waals surface area contributed by atoms with Gasteiger partial charge in [0.2, 0.25) is 0 Å². The van der Waals surface area contributed by atoms with E-state index >= 15 is 0 Å². The standard InChI is InChI=1S/C4H7NO3/c6-4(7)3-1-5-2-8-3/h3,5H,1-2H2,(H,6,7)/t3-/m1/s1. The molecule has 0 aromatic rings. The number of nitrogens with one attached hydrogen (secondary N) is 1. The van der Waals surface area contributed by atoms with Crippen molar-refractivity contribution in [1.29, 1.82) is 0 Å². The summed E-state index contributed by atoms with van der Waals surface area (Å²) in [6.45, 7) is 0.784. The number of hydrogen-bond donors (Lipinski definition) is 2. The first-order chi connectivity index (χ1) is 3.80. The van der Waals surface area contributed by atoms with Crippen LogP contribution in [0, 0.1) is 0 Å². The number of rotatable bonds is 1. The molecule has 0 spiro atoms. The van der Waals surface area contributed by atoms with Gasteiger partial charge in [0, 0.05) is 6.54 Å². The van der Waals surface area contributed by atoms with Crippen molar-refractivity contribution in [2.75, 3.05) is 13.3 Å². The van der Waals surface area contributed by atoms with Crippen molar-refractivity contribution in [3.63, 3.8) is 0 Å². The maximum absolute atomic E-state index is 10.0. The van der Waals surface area contributed by atoms with Crippen LogP contribution >= 0.6 is 0 Å². The zero-order valence-corrected chi connectivity index (χ0v) is 4.26. The van der Waals surface area contributed by atoms with Gasteiger partial charge in [0.1, 0.15) is 0 Å². The zero-order valence-electron chi connectivity index (χ0n) is 4.26. The molecule has 0 aliphatic carbocycles. The first-order valence-electron chi connectivity index (χ1n) is 2.36. The van der Waals surface area contributed by atoms with Gasteiger partial charge in [-0.1, -0.05) is 0 Å². The Hall–Kier alpha value is -0.610. The Balaban J connectivity index is 2.35. The predicted octanol–water partition coefficient (Wildman–Crippen LogP) is -0.983. The van der Waals surface area contributed by atoms with Gasteiger partial charge in [0.25, 0.3) is 0 Å². The van der Waals surface area contributed by atoms with E-state index in [1.54, 1.807) is 0 Å². The quantitative estimate of drug-likeness (QED) is 0.463. The minimum atomic E-state index is -0.894. The third-order valence-electron chi connectivity index (χ3n) is 0.992. The summed E-state index contributed by atoms with van der Waals surface area (Å²) in [5.74, 6) is -0.894. The van der Waals surface area contributed by atoms with Gasteiger partial charge in [0.05, 0.1) is 6.73 Å². The van der Waals surface area contributed by atoms with Gasteiger partial charge in [-0.05, 0) is 0 Å². The number of hydrogen-bond acceptors (Lipinski definition) is 3. The van der Waals surface area contributed by atoms with E-state index in [9.17, 15) is 4.79 Å². The van der Waals surface area contributed by atoms with Crippen LogP contribution < -0.4 is 5.32 Å². The molecule has 0 unspecified atom stereocenters. The lowest BCUT2D eigenvalue weighted by atomic mass is 10.4. The maximum Gasteiger partial charge on any atom is 0.334 e. The summed E-state index contributed by atoms with van der Waals surface area (Å²) in [5.41, 5.74) is 0. The summed E-state index contributed by atoms with van der Waals surface area (Å²) in [5, 5.41) is 11.0. The number of ether oxygens (including phenoxy) is 1. The van der Waals surface area contributed by atoms with Crippen LogP contribution in [0.3, 0.4) is 0 Å². The Morgan fingerprint density at radius 2 is 2.62 bits per heavy atom. The second kappa shape index (κ2) is 2.11. The van der Waals surface area contributed by atoms with Crippen LogP contribution in [0.5, 0.6) is 0 Å². The number of carboxylic acids is 1. The van der Waals surface area contributed by atoms with E-state index in [1.807, 2.05) is 0 Å². The lowest BCUT2D eigenvalue weighted by molar-refractivity contribution is -0.146. The average Bonchev–Trinajstić information content (AvgIpc) is 2.12. The van der Waals surface area contributed by atoms with Gasteiger partial charge in [-0.25, -0.2) is 4.79 Å². The summed E-state index contributed by atoms with van der Waals surface area (Å²) in [4.78, 5) is 10.0. The van der Waals surface area contributed by atoms with Gasteiger partial charge < -0.3 is 9.84 Å². The molecule has 1 fully saturated rings. The molecule has 1 aliphatic rings. The summed E-state index contributed by atoms with van der Waals surface area (Å²) >= 11 is 0. The molecule has 0 amide bonds. The van der Waals surface area contributed by atoms with Crippen molar-refractivity contribution in [1.82, 2.24) is 5.32 Å². The first-order valence-corrected chi connectivity index (χ1v) is 2.36. The lowest BCUT2D eigenvalue weighted by Crippen LogP contribution is -2.23. The van der Waals surface area contributed by atoms with Crippen LogP contribution in [-0.2, 0) is 9.53 Å². The van der Waals surface area contributed by atoms with Crippen molar-refractivity contribution < 1.29 is 14.6 Å². The molecule has 0 radical (unpaired) electrons. The molecule has 1 rings (SSSR count). The van der Waals surface area contributed by atoms with E-state index < -0.39 is 12.1 Å². The highest BCUT2D eigenvalue weighted by atomic mass is 16.5. The van der Waals surface area contributed by atoms with Crippen LogP contribution in [0.1, 0.15) is 0 Å². The monoisotopic (exact) mass is 117 g/mol. The predicted molar refractivity (Wildman–Crippen MR) is 25.4 cm³/mol. The van der Waals surface area contributed by atoms with Gasteiger partial charge in [-0.3, -0.25) is 5.32 Å².